The molecular weight excluding hydrogens is 256 g/mol. The fraction of sp³-hybridized carbons (Fsp3) is 0.467. The van der Waals surface area contributed by atoms with Crippen LogP contribution in [0.25, 0.3) is 0 Å². The zero-order valence-corrected chi connectivity index (χ0v) is 12.3. The summed E-state index contributed by atoms with van der Waals surface area (Å²) in [5.41, 5.74) is 0.772. The maximum absolute atomic E-state index is 12.4. The van der Waals surface area contributed by atoms with E-state index in [1.807, 2.05) is 13.8 Å². The second-order valence-electron chi connectivity index (χ2n) is 5.62. The number of benzene rings is 1. The Morgan fingerprint density at radius 2 is 2.15 bits per heavy atom. The smallest absolute Gasteiger partial charge is 0.235 e. The summed E-state index contributed by atoms with van der Waals surface area (Å²) in [7, 11) is 1.73. The quantitative estimate of drug-likeness (QED) is 0.902. The lowest BCUT2D eigenvalue weighted by molar-refractivity contribution is -0.127. The van der Waals surface area contributed by atoms with E-state index in [4.69, 9.17) is 4.74 Å². The van der Waals surface area contributed by atoms with E-state index in [0.717, 1.165) is 0 Å². The van der Waals surface area contributed by atoms with Crippen molar-refractivity contribution in [3.8, 4) is 5.75 Å². The first-order valence-electron chi connectivity index (χ1n) is 6.70. The summed E-state index contributed by atoms with van der Waals surface area (Å²) in [5.74, 6) is 0.588. The lowest BCUT2D eigenvalue weighted by Crippen LogP contribution is -2.39. The Morgan fingerprint density at radius 1 is 1.45 bits per heavy atom. The van der Waals surface area contributed by atoms with Crippen molar-refractivity contribution in [1.29, 1.82) is 0 Å². The fourth-order valence-corrected chi connectivity index (χ4v) is 2.11. The van der Waals surface area contributed by atoms with Crippen LogP contribution in [0.3, 0.4) is 0 Å². The minimum atomic E-state index is -0.569. The minimum absolute atomic E-state index is 0.00443. The maximum Gasteiger partial charge on any atom is 0.235 e. The first-order chi connectivity index (χ1) is 9.35. The SMILES string of the molecule is CCC(=O)Nc1ccc2c(c1)N(C)C(=O)C(C)(C)CO2. The molecule has 0 saturated heterocycles. The number of amides is 2. The Kier molecular flexibility index (Phi) is 3.70. The molecule has 0 saturated carbocycles. The van der Waals surface area contributed by atoms with Gasteiger partial charge in [0.05, 0.1) is 11.1 Å². The highest BCUT2D eigenvalue weighted by Crippen LogP contribution is 2.37. The molecule has 1 aliphatic heterocycles. The largest absolute Gasteiger partial charge is 0.490 e. The topological polar surface area (TPSA) is 58.6 Å². The average Bonchev–Trinajstić information content (AvgIpc) is 2.50. The van der Waals surface area contributed by atoms with Crippen LogP contribution in [0.5, 0.6) is 5.75 Å². The lowest BCUT2D eigenvalue weighted by Gasteiger charge is -2.24. The Balaban J connectivity index is 2.37. The summed E-state index contributed by atoms with van der Waals surface area (Å²) in [4.78, 5) is 25.4. The number of nitrogens with one attached hydrogen (secondary N) is 1. The first kappa shape index (κ1) is 14.4. The molecule has 0 unspecified atom stereocenters. The third-order valence-electron chi connectivity index (χ3n) is 3.40. The molecule has 1 N–H and O–H groups in total. The molecule has 0 bridgehead atoms. The Morgan fingerprint density at radius 3 is 2.80 bits per heavy atom. The summed E-state index contributed by atoms with van der Waals surface area (Å²) in [6, 6.07) is 5.33. The van der Waals surface area contributed by atoms with Gasteiger partial charge in [0.25, 0.3) is 0 Å². The molecule has 1 heterocycles. The monoisotopic (exact) mass is 276 g/mol. The van der Waals surface area contributed by atoms with Crippen LogP contribution in [-0.2, 0) is 9.59 Å². The van der Waals surface area contributed by atoms with Crippen LogP contribution in [0.15, 0.2) is 18.2 Å². The molecule has 0 atom stereocenters. The number of ether oxygens (including phenoxy) is 1. The molecule has 0 aliphatic carbocycles. The van der Waals surface area contributed by atoms with Crippen LogP contribution in [0.4, 0.5) is 11.4 Å². The van der Waals surface area contributed by atoms with Gasteiger partial charge in [0.15, 0.2) is 0 Å². The molecule has 0 aromatic heterocycles. The summed E-state index contributed by atoms with van der Waals surface area (Å²) >= 11 is 0. The molecule has 2 rings (SSSR count). The van der Waals surface area contributed by atoms with E-state index < -0.39 is 5.41 Å². The summed E-state index contributed by atoms with van der Waals surface area (Å²) in [5, 5.41) is 2.79. The van der Waals surface area contributed by atoms with Crippen LogP contribution in [0, 0.1) is 5.41 Å². The predicted molar refractivity (Wildman–Crippen MR) is 78.0 cm³/mol. The number of carbonyl (C=O) groups is 2. The van der Waals surface area contributed by atoms with Gasteiger partial charge in [-0.25, -0.2) is 0 Å². The number of anilines is 2. The van der Waals surface area contributed by atoms with Gasteiger partial charge in [0, 0.05) is 19.2 Å². The van der Waals surface area contributed by atoms with Crippen molar-refractivity contribution >= 4 is 23.2 Å². The molecular formula is C15H20N2O3. The first-order valence-corrected chi connectivity index (χ1v) is 6.70. The summed E-state index contributed by atoms with van der Waals surface area (Å²) < 4.78 is 5.72. The molecule has 1 aliphatic rings. The third kappa shape index (κ3) is 2.61. The minimum Gasteiger partial charge on any atom is -0.490 e. The summed E-state index contributed by atoms with van der Waals surface area (Å²) in [6.45, 7) is 5.85. The number of hydrogen-bond acceptors (Lipinski definition) is 3. The second kappa shape index (κ2) is 5.15. The molecule has 2 amide bonds. The van der Waals surface area contributed by atoms with E-state index in [1.165, 1.54) is 0 Å². The highest BCUT2D eigenvalue weighted by molar-refractivity contribution is 6.00. The van der Waals surface area contributed by atoms with E-state index in [0.29, 0.717) is 30.2 Å². The van der Waals surface area contributed by atoms with Gasteiger partial charge < -0.3 is 15.0 Å². The van der Waals surface area contributed by atoms with Crippen molar-refractivity contribution in [1.82, 2.24) is 0 Å². The highest BCUT2D eigenvalue weighted by Gasteiger charge is 2.36. The van der Waals surface area contributed by atoms with Crippen LogP contribution in [-0.4, -0.2) is 25.5 Å². The van der Waals surface area contributed by atoms with Crippen molar-refractivity contribution < 1.29 is 14.3 Å². The van der Waals surface area contributed by atoms with Crippen molar-refractivity contribution in [3.63, 3.8) is 0 Å². The highest BCUT2D eigenvalue weighted by atomic mass is 16.5. The van der Waals surface area contributed by atoms with Crippen LogP contribution in [0.2, 0.25) is 0 Å². The van der Waals surface area contributed by atoms with E-state index in [1.54, 1.807) is 37.1 Å². The molecule has 0 spiro atoms. The van der Waals surface area contributed by atoms with Crippen molar-refractivity contribution in [3.05, 3.63) is 18.2 Å². The Hall–Kier alpha value is -2.04. The number of nitrogens with zero attached hydrogens (tertiary/aromatic N) is 1. The molecule has 20 heavy (non-hydrogen) atoms. The molecule has 5 nitrogen and oxygen atoms in total. The van der Waals surface area contributed by atoms with E-state index in [2.05, 4.69) is 5.32 Å². The van der Waals surface area contributed by atoms with Crippen molar-refractivity contribution in [2.24, 2.45) is 5.41 Å². The zero-order chi connectivity index (χ0) is 14.9. The van der Waals surface area contributed by atoms with E-state index in [9.17, 15) is 9.59 Å². The normalized spacial score (nSPS) is 17.0. The molecule has 0 fully saturated rings. The van der Waals surface area contributed by atoms with E-state index in [-0.39, 0.29) is 11.8 Å². The van der Waals surface area contributed by atoms with Gasteiger partial charge >= 0.3 is 0 Å². The molecule has 1 aromatic rings. The number of hydrogen-bond donors (Lipinski definition) is 1. The maximum atomic E-state index is 12.4. The standard InChI is InChI=1S/C15H20N2O3/c1-5-13(18)16-10-6-7-12-11(8-10)17(4)14(19)15(2,3)9-20-12/h6-8H,5,9H2,1-4H3,(H,16,18). The van der Waals surface area contributed by atoms with Gasteiger partial charge in [0.2, 0.25) is 11.8 Å². The van der Waals surface area contributed by atoms with Crippen LogP contribution >= 0.6 is 0 Å². The van der Waals surface area contributed by atoms with Gasteiger partial charge in [-0.2, -0.15) is 0 Å². The molecule has 0 radical (unpaired) electrons. The van der Waals surface area contributed by atoms with Gasteiger partial charge in [-0.15, -0.1) is 0 Å². The van der Waals surface area contributed by atoms with Crippen LogP contribution in [0.1, 0.15) is 27.2 Å². The van der Waals surface area contributed by atoms with Gasteiger partial charge in [0.1, 0.15) is 12.4 Å². The molecule has 5 heteroatoms. The molecule has 108 valence electrons. The number of carbonyl (C=O) groups excluding carboxylic acids is 2. The number of rotatable bonds is 2. The third-order valence-corrected chi connectivity index (χ3v) is 3.40. The van der Waals surface area contributed by atoms with Crippen molar-refractivity contribution in [2.75, 3.05) is 23.9 Å². The van der Waals surface area contributed by atoms with Gasteiger partial charge in [-0.05, 0) is 32.0 Å². The van der Waals surface area contributed by atoms with Gasteiger partial charge in [-0.1, -0.05) is 6.92 Å². The zero-order valence-electron chi connectivity index (χ0n) is 12.3. The Labute approximate surface area is 118 Å². The number of fused-ring (bicyclic) bond motifs is 1. The second-order valence-corrected chi connectivity index (χ2v) is 5.62. The van der Waals surface area contributed by atoms with Gasteiger partial charge in [-0.3, -0.25) is 9.59 Å². The Bertz CT molecular complexity index is 552. The molecule has 1 aromatic carbocycles. The average molecular weight is 276 g/mol. The summed E-state index contributed by atoms with van der Waals surface area (Å²) in [6.07, 6.45) is 0.412. The van der Waals surface area contributed by atoms with E-state index >= 15 is 0 Å². The van der Waals surface area contributed by atoms with Crippen LogP contribution < -0.4 is 15.0 Å². The fourth-order valence-electron chi connectivity index (χ4n) is 2.11. The predicted octanol–water partition coefficient (Wildman–Crippen LogP) is 2.42. The van der Waals surface area contributed by atoms with Crippen molar-refractivity contribution in [2.45, 2.75) is 27.2 Å². The lowest BCUT2D eigenvalue weighted by atomic mass is 9.93.